The number of hydrogen-bond acceptors (Lipinski definition) is 7. The van der Waals surface area contributed by atoms with Gasteiger partial charge in [0.25, 0.3) is 11.6 Å². The molecular formula is C24H23N3O6. The van der Waals surface area contributed by atoms with Gasteiger partial charge in [-0.2, -0.15) is 5.10 Å². The van der Waals surface area contributed by atoms with Crippen molar-refractivity contribution in [2.45, 2.75) is 13.5 Å². The first kappa shape index (κ1) is 23.3. The van der Waals surface area contributed by atoms with Gasteiger partial charge in [0.15, 0.2) is 11.5 Å². The number of carbonyl (C=O) groups excluding carboxylic acids is 1. The van der Waals surface area contributed by atoms with Crippen LogP contribution >= 0.6 is 0 Å². The van der Waals surface area contributed by atoms with Gasteiger partial charge in [-0.3, -0.25) is 14.9 Å². The molecule has 9 heteroatoms. The van der Waals surface area contributed by atoms with Crippen molar-refractivity contribution in [3.05, 3.63) is 93.5 Å². The van der Waals surface area contributed by atoms with Gasteiger partial charge >= 0.3 is 0 Å². The Morgan fingerprint density at radius 3 is 2.48 bits per heavy atom. The van der Waals surface area contributed by atoms with Crippen LogP contribution in [0.25, 0.3) is 0 Å². The van der Waals surface area contributed by atoms with E-state index >= 15 is 0 Å². The molecule has 1 N–H and O–H groups in total. The standard InChI is InChI=1S/C24H23N3O6/c1-3-32-23-14-18(15-25-26-24(28)20-6-4-5-7-21(20)31-2)10-13-22(23)33-16-17-8-11-19(12-9-17)27(29)30/h4-15H,3,16H2,1-2H3,(H,26,28). The maximum atomic E-state index is 12.3. The van der Waals surface area contributed by atoms with Crippen molar-refractivity contribution in [3.63, 3.8) is 0 Å². The van der Waals surface area contributed by atoms with Crippen molar-refractivity contribution >= 4 is 17.8 Å². The summed E-state index contributed by atoms with van der Waals surface area (Å²) in [4.78, 5) is 22.7. The van der Waals surface area contributed by atoms with E-state index in [-0.39, 0.29) is 12.3 Å². The minimum Gasteiger partial charge on any atom is -0.496 e. The fraction of sp³-hybridized carbons (Fsp3) is 0.167. The Bertz CT molecular complexity index is 1150. The second kappa shape index (κ2) is 11.3. The van der Waals surface area contributed by atoms with Crippen molar-refractivity contribution in [1.82, 2.24) is 5.43 Å². The predicted molar refractivity (Wildman–Crippen MR) is 123 cm³/mol. The lowest BCUT2D eigenvalue weighted by Crippen LogP contribution is -2.18. The lowest BCUT2D eigenvalue weighted by atomic mass is 10.2. The molecule has 1 amide bonds. The second-order valence-corrected chi connectivity index (χ2v) is 6.75. The predicted octanol–water partition coefficient (Wildman–Crippen LogP) is 4.35. The Morgan fingerprint density at radius 1 is 1.03 bits per heavy atom. The SMILES string of the molecule is CCOc1cc(C=NNC(=O)c2ccccc2OC)ccc1OCc1ccc([N+](=O)[O-])cc1. The number of non-ortho nitro benzene ring substituents is 1. The van der Waals surface area contributed by atoms with Gasteiger partial charge in [0.05, 0.1) is 30.4 Å². The maximum Gasteiger partial charge on any atom is 0.275 e. The molecule has 3 aromatic carbocycles. The number of rotatable bonds is 10. The van der Waals surface area contributed by atoms with Crippen molar-refractivity contribution in [3.8, 4) is 17.2 Å². The van der Waals surface area contributed by atoms with Gasteiger partial charge in [-0.05, 0) is 60.5 Å². The van der Waals surface area contributed by atoms with Crippen molar-refractivity contribution in [2.24, 2.45) is 5.10 Å². The minimum absolute atomic E-state index is 0.0233. The molecule has 0 saturated carbocycles. The number of ether oxygens (including phenoxy) is 3. The van der Waals surface area contributed by atoms with E-state index < -0.39 is 10.8 Å². The van der Waals surface area contributed by atoms with Gasteiger partial charge in [0.1, 0.15) is 12.4 Å². The molecule has 0 saturated heterocycles. The first-order valence-electron chi connectivity index (χ1n) is 10.1. The molecule has 170 valence electrons. The average Bonchev–Trinajstić information content (AvgIpc) is 2.84. The van der Waals surface area contributed by atoms with Gasteiger partial charge in [-0.25, -0.2) is 5.43 Å². The quantitative estimate of drug-likeness (QED) is 0.280. The first-order valence-corrected chi connectivity index (χ1v) is 10.1. The number of nitrogens with zero attached hydrogens (tertiary/aromatic N) is 2. The molecule has 0 atom stereocenters. The van der Waals surface area contributed by atoms with Gasteiger partial charge in [0, 0.05) is 12.1 Å². The number of nitro benzene ring substituents is 1. The zero-order chi connectivity index (χ0) is 23.6. The Morgan fingerprint density at radius 2 is 1.79 bits per heavy atom. The molecule has 0 aromatic heterocycles. The highest BCUT2D eigenvalue weighted by Gasteiger charge is 2.11. The monoisotopic (exact) mass is 449 g/mol. The summed E-state index contributed by atoms with van der Waals surface area (Å²) in [6, 6.07) is 18.3. The van der Waals surface area contributed by atoms with Gasteiger partial charge in [0.2, 0.25) is 0 Å². The normalized spacial score (nSPS) is 10.6. The lowest BCUT2D eigenvalue weighted by Gasteiger charge is -2.12. The third-order valence-corrected chi connectivity index (χ3v) is 4.54. The van der Waals surface area contributed by atoms with Crippen LogP contribution in [-0.2, 0) is 6.61 Å². The molecule has 0 radical (unpaired) electrons. The topological polar surface area (TPSA) is 112 Å². The molecule has 9 nitrogen and oxygen atoms in total. The van der Waals surface area contributed by atoms with Crippen LogP contribution in [0.3, 0.4) is 0 Å². The highest BCUT2D eigenvalue weighted by molar-refractivity contribution is 5.97. The summed E-state index contributed by atoms with van der Waals surface area (Å²) in [7, 11) is 1.50. The van der Waals surface area contributed by atoms with Crippen LogP contribution in [0, 0.1) is 10.1 Å². The number of hydrazone groups is 1. The molecule has 33 heavy (non-hydrogen) atoms. The highest BCUT2D eigenvalue weighted by atomic mass is 16.6. The fourth-order valence-corrected chi connectivity index (χ4v) is 2.93. The number of para-hydroxylation sites is 1. The summed E-state index contributed by atoms with van der Waals surface area (Å²) in [6.45, 7) is 2.51. The average molecular weight is 449 g/mol. The van der Waals surface area contributed by atoms with Crippen LogP contribution in [0.15, 0.2) is 71.8 Å². The van der Waals surface area contributed by atoms with E-state index in [9.17, 15) is 14.9 Å². The minimum atomic E-state index is -0.448. The third-order valence-electron chi connectivity index (χ3n) is 4.54. The number of hydrogen-bond donors (Lipinski definition) is 1. The Hall–Kier alpha value is -4.40. The van der Waals surface area contributed by atoms with E-state index in [2.05, 4.69) is 10.5 Å². The van der Waals surface area contributed by atoms with Gasteiger partial charge in [-0.1, -0.05) is 12.1 Å². The third kappa shape index (κ3) is 6.30. The number of benzene rings is 3. The van der Waals surface area contributed by atoms with E-state index in [0.29, 0.717) is 35.0 Å². The Kier molecular flexibility index (Phi) is 7.96. The van der Waals surface area contributed by atoms with Gasteiger partial charge < -0.3 is 14.2 Å². The molecule has 0 unspecified atom stereocenters. The largest absolute Gasteiger partial charge is 0.496 e. The lowest BCUT2D eigenvalue weighted by molar-refractivity contribution is -0.384. The highest BCUT2D eigenvalue weighted by Crippen LogP contribution is 2.29. The van der Waals surface area contributed by atoms with E-state index in [1.54, 1.807) is 54.6 Å². The summed E-state index contributed by atoms with van der Waals surface area (Å²) < 4.78 is 16.7. The molecule has 0 bridgehead atoms. The Balaban J connectivity index is 1.66. The van der Waals surface area contributed by atoms with Crippen molar-refractivity contribution in [1.29, 1.82) is 0 Å². The van der Waals surface area contributed by atoms with Gasteiger partial charge in [-0.15, -0.1) is 0 Å². The molecule has 0 fully saturated rings. The number of amides is 1. The molecule has 0 aliphatic carbocycles. The van der Waals surface area contributed by atoms with Crippen LogP contribution in [0.2, 0.25) is 0 Å². The molecular weight excluding hydrogens is 426 g/mol. The summed E-state index contributed by atoms with van der Waals surface area (Å²) in [5, 5.41) is 14.8. The van der Waals surface area contributed by atoms with E-state index in [4.69, 9.17) is 14.2 Å². The van der Waals surface area contributed by atoms with Crippen LogP contribution in [-0.4, -0.2) is 30.8 Å². The van der Waals surface area contributed by atoms with Crippen LogP contribution < -0.4 is 19.6 Å². The zero-order valence-corrected chi connectivity index (χ0v) is 18.2. The van der Waals surface area contributed by atoms with Crippen molar-refractivity contribution in [2.75, 3.05) is 13.7 Å². The molecule has 0 heterocycles. The molecule has 0 aliphatic rings. The maximum absolute atomic E-state index is 12.3. The summed E-state index contributed by atoms with van der Waals surface area (Å²) >= 11 is 0. The van der Waals surface area contributed by atoms with E-state index in [0.717, 1.165) is 5.56 Å². The van der Waals surface area contributed by atoms with Crippen LogP contribution in [0.5, 0.6) is 17.2 Å². The number of methoxy groups -OCH3 is 1. The van der Waals surface area contributed by atoms with Crippen molar-refractivity contribution < 1.29 is 23.9 Å². The first-order chi connectivity index (χ1) is 16.0. The number of nitrogens with one attached hydrogen (secondary N) is 1. The second-order valence-electron chi connectivity index (χ2n) is 6.75. The fourth-order valence-electron chi connectivity index (χ4n) is 2.93. The van der Waals surface area contributed by atoms with E-state index in [1.807, 2.05) is 6.92 Å². The van der Waals surface area contributed by atoms with Crippen LogP contribution in [0.1, 0.15) is 28.4 Å². The summed E-state index contributed by atoms with van der Waals surface area (Å²) in [5.41, 5.74) is 4.36. The summed E-state index contributed by atoms with van der Waals surface area (Å²) in [5.74, 6) is 1.10. The Labute approximate surface area is 190 Å². The zero-order valence-electron chi connectivity index (χ0n) is 18.2. The number of carbonyl (C=O) groups is 1. The molecule has 3 aromatic rings. The number of nitro groups is 1. The summed E-state index contributed by atoms with van der Waals surface area (Å²) in [6.07, 6.45) is 1.50. The molecule has 0 spiro atoms. The molecule has 0 aliphatic heterocycles. The van der Waals surface area contributed by atoms with Crippen LogP contribution in [0.4, 0.5) is 5.69 Å². The van der Waals surface area contributed by atoms with E-state index in [1.165, 1.54) is 25.5 Å². The molecule has 3 rings (SSSR count). The smallest absolute Gasteiger partial charge is 0.275 e.